The van der Waals surface area contributed by atoms with E-state index >= 15 is 0 Å². The lowest BCUT2D eigenvalue weighted by Gasteiger charge is -2.18. The molecule has 0 saturated carbocycles. The molecule has 0 atom stereocenters. The van der Waals surface area contributed by atoms with Crippen molar-refractivity contribution in [3.8, 4) is 0 Å². The Labute approximate surface area is 207 Å². The second kappa shape index (κ2) is 7.37. The molecule has 7 rings (SSSR count). The molecule has 1 aliphatic heterocycles. The molecule has 0 aliphatic carbocycles. The van der Waals surface area contributed by atoms with Gasteiger partial charge in [0, 0.05) is 32.6 Å². The largest absolute Gasteiger partial charge is 0.353 e. The highest BCUT2D eigenvalue weighted by Gasteiger charge is 2.41. The van der Waals surface area contributed by atoms with E-state index < -0.39 is 17.6 Å². The molecule has 3 heterocycles. The Kier molecular flexibility index (Phi) is 4.22. The van der Waals surface area contributed by atoms with Crippen molar-refractivity contribution in [1.29, 1.82) is 0 Å². The number of H-pyrrole nitrogens is 2. The second-order valence-electron chi connectivity index (χ2n) is 8.58. The molecule has 0 fully saturated rings. The van der Waals surface area contributed by atoms with Crippen LogP contribution < -0.4 is 10.7 Å². The van der Waals surface area contributed by atoms with Crippen LogP contribution >= 0.6 is 12.2 Å². The van der Waals surface area contributed by atoms with E-state index in [1.54, 1.807) is 12.1 Å². The highest BCUT2D eigenvalue weighted by Crippen LogP contribution is 2.43. The van der Waals surface area contributed by atoms with E-state index in [0.717, 1.165) is 37.8 Å². The van der Waals surface area contributed by atoms with E-state index in [9.17, 15) is 14.0 Å². The average Bonchev–Trinajstić information content (AvgIpc) is 3.52. The molecule has 0 radical (unpaired) electrons. The van der Waals surface area contributed by atoms with Crippen LogP contribution in [0.5, 0.6) is 0 Å². The van der Waals surface area contributed by atoms with E-state index in [1.807, 2.05) is 48.5 Å². The van der Waals surface area contributed by atoms with Crippen LogP contribution in [0.2, 0.25) is 0 Å². The molecular formula is C27H16FN5O2S. The molecule has 0 bridgehead atoms. The number of amides is 2. The minimum absolute atomic E-state index is 0.0834. The summed E-state index contributed by atoms with van der Waals surface area (Å²) in [6.07, 6.45) is 0. The normalized spacial score (nSPS) is 13.3. The molecule has 6 aromatic rings. The third-order valence-corrected chi connectivity index (χ3v) is 6.77. The van der Waals surface area contributed by atoms with Crippen molar-refractivity contribution in [2.24, 2.45) is 0 Å². The Morgan fingerprint density at radius 2 is 1.25 bits per heavy atom. The first kappa shape index (κ1) is 20.6. The van der Waals surface area contributed by atoms with Crippen molar-refractivity contribution in [3.63, 3.8) is 0 Å². The van der Waals surface area contributed by atoms with Crippen LogP contribution in [-0.4, -0.2) is 31.9 Å². The molecule has 36 heavy (non-hydrogen) atoms. The zero-order chi connectivity index (χ0) is 24.6. The third kappa shape index (κ3) is 2.74. The molecule has 174 valence electrons. The third-order valence-electron chi connectivity index (χ3n) is 6.58. The van der Waals surface area contributed by atoms with Gasteiger partial charge in [-0.2, -0.15) is 5.01 Å². The number of carbonyl (C=O) groups is 2. The van der Waals surface area contributed by atoms with Gasteiger partial charge in [-0.3, -0.25) is 15.0 Å². The molecule has 0 saturated heterocycles. The fourth-order valence-electron chi connectivity index (χ4n) is 5.09. The summed E-state index contributed by atoms with van der Waals surface area (Å²) in [6, 6.07) is 21.3. The number of aromatic nitrogens is 2. The Morgan fingerprint density at radius 3 is 1.81 bits per heavy atom. The zero-order valence-electron chi connectivity index (χ0n) is 18.5. The summed E-state index contributed by atoms with van der Waals surface area (Å²) < 4.78 is 14.1. The van der Waals surface area contributed by atoms with Crippen molar-refractivity contribution in [2.75, 3.05) is 5.32 Å². The average molecular weight is 494 g/mol. The van der Waals surface area contributed by atoms with Crippen molar-refractivity contribution < 1.29 is 14.0 Å². The predicted molar refractivity (Wildman–Crippen MR) is 141 cm³/mol. The van der Waals surface area contributed by atoms with E-state index in [2.05, 4.69) is 20.7 Å². The zero-order valence-corrected chi connectivity index (χ0v) is 19.3. The molecule has 7 nitrogen and oxygen atoms in total. The SMILES string of the molecule is O=C1c2c(c3c4ccccc4[nH]c3c3[nH]c4ccccc4c23)C(=O)N1NC(=S)Nc1ccccc1F. The van der Waals surface area contributed by atoms with Gasteiger partial charge in [-0.1, -0.05) is 48.5 Å². The lowest BCUT2D eigenvalue weighted by atomic mass is 9.97. The van der Waals surface area contributed by atoms with Gasteiger partial charge in [0.25, 0.3) is 11.8 Å². The number of hydrazine groups is 1. The maximum absolute atomic E-state index is 14.1. The first-order valence-electron chi connectivity index (χ1n) is 11.2. The van der Waals surface area contributed by atoms with Gasteiger partial charge in [0.05, 0.1) is 27.8 Å². The predicted octanol–water partition coefficient (Wildman–Crippen LogP) is 5.59. The summed E-state index contributed by atoms with van der Waals surface area (Å²) in [5, 5.41) is 6.51. The molecule has 1 aliphatic rings. The first-order valence-corrected chi connectivity index (χ1v) is 11.6. The maximum atomic E-state index is 14.1. The number of fused-ring (bicyclic) bond motifs is 10. The number of thiocarbonyl (C=S) groups is 1. The van der Waals surface area contributed by atoms with Gasteiger partial charge in [-0.25, -0.2) is 4.39 Å². The Bertz CT molecular complexity index is 1830. The number of hydrogen-bond donors (Lipinski definition) is 4. The summed E-state index contributed by atoms with van der Waals surface area (Å²) in [4.78, 5) is 34.4. The van der Waals surface area contributed by atoms with Crippen molar-refractivity contribution in [1.82, 2.24) is 20.4 Å². The Hall–Kier alpha value is -4.76. The van der Waals surface area contributed by atoms with E-state index in [4.69, 9.17) is 12.2 Å². The molecule has 0 unspecified atom stereocenters. The van der Waals surface area contributed by atoms with E-state index in [1.165, 1.54) is 12.1 Å². The van der Waals surface area contributed by atoms with E-state index in [-0.39, 0.29) is 10.8 Å². The maximum Gasteiger partial charge on any atom is 0.281 e. The number of halogens is 1. The lowest BCUT2D eigenvalue weighted by Crippen LogP contribution is -2.47. The van der Waals surface area contributed by atoms with Gasteiger partial charge in [-0.05, 0) is 36.5 Å². The van der Waals surface area contributed by atoms with Crippen LogP contribution in [0, 0.1) is 5.82 Å². The highest BCUT2D eigenvalue weighted by molar-refractivity contribution is 7.80. The number of benzene rings is 4. The van der Waals surface area contributed by atoms with Gasteiger partial charge >= 0.3 is 0 Å². The summed E-state index contributed by atoms with van der Waals surface area (Å²) >= 11 is 5.31. The second-order valence-corrected chi connectivity index (χ2v) is 8.99. The van der Waals surface area contributed by atoms with E-state index in [0.29, 0.717) is 21.9 Å². The van der Waals surface area contributed by atoms with Crippen LogP contribution in [-0.2, 0) is 0 Å². The first-order chi connectivity index (χ1) is 17.5. The molecule has 2 aromatic heterocycles. The fraction of sp³-hybridized carbons (Fsp3) is 0. The molecule has 4 aromatic carbocycles. The highest BCUT2D eigenvalue weighted by atomic mass is 32.1. The van der Waals surface area contributed by atoms with Crippen molar-refractivity contribution in [2.45, 2.75) is 0 Å². The molecular weight excluding hydrogens is 477 g/mol. The van der Waals surface area contributed by atoms with Crippen molar-refractivity contribution >= 4 is 78.4 Å². The molecule has 2 amide bonds. The van der Waals surface area contributed by atoms with Gasteiger partial charge in [0.2, 0.25) is 0 Å². The summed E-state index contributed by atoms with van der Waals surface area (Å²) in [5.41, 5.74) is 6.60. The smallest absolute Gasteiger partial charge is 0.281 e. The Balaban J connectivity index is 1.44. The number of carbonyl (C=O) groups excluding carboxylic acids is 2. The number of aromatic amines is 2. The van der Waals surface area contributed by atoms with Gasteiger partial charge in [-0.15, -0.1) is 0 Å². The standard InChI is InChI=1S/C27H16FN5O2S/c28-15-9-3-6-12-18(15)31-27(36)32-33-25(34)21-19-13-7-1-4-10-16(13)29-23(19)24-20(22(21)26(33)35)14-8-2-5-11-17(14)30-24/h1-12,29-30H,(H2,31,32,36). The molecule has 4 N–H and O–H groups in total. The fourth-order valence-corrected chi connectivity index (χ4v) is 5.29. The quantitative estimate of drug-likeness (QED) is 0.186. The lowest BCUT2D eigenvalue weighted by molar-refractivity contribution is 0.0614. The van der Waals surface area contributed by atoms with Crippen LogP contribution in [0.4, 0.5) is 10.1 Å². The van der Waals surface area contributed by atoms with Crippen LogP contribution in [0.1, 0.15) is 20.7 Å². The Morgan fingerprint density at radius 1 is 0.750 bits per heavy atom. The summed E-state index contributed by atoms with van der Waals surface area (Å²) in [5.74, 6) is -1.57. The summed E-state index contributed by atoms with van der Waals surface area (Å²) in [7, 11) is 0. The minimum atomic E-state index is -0.533. The van der Waals surface area contributed by atoms with Gasteiger partial charge < -0.3 is 15.3 Å². The number of hydrogen-bond acceptors (Lipinski definition) is 3. The van der Waals surface area contributed by atoms with Gasteiger partial charge in [0.15, 0.2) is 5.11 Å². The number of nitrogens with zero attached hydrogens (tertiary/aromatic N) is 1. The topological polar surface area (TPSA) is 93.0 Å². The van der Waals surface area contributed by atoms with Crippen LogP contribution in [0.3, 0.4) is 0 Å². The van der Waals surface area contributed by atoms with Gasteiger partial charge in [0.1, 0.15) is 5.82 Å². The number of para-hydroxylation sites is 3. The van der Waals surface area contributed by atoms with Crippen molar-refractivity contribution in [3.05, 3.63) is 89.7 Å². The van der Waals surface area contributed by atoms with Crippen LogP contribution in [0.25, 0.3) is 43.6 Å². The minimum Gasteiger partial charge on any atom is -0.353 e. The number of imide groups is 1. The molecule has 9 heteroatoms. The number of rotatable bonds is 2. The number of anilines is 1. The molecule has 0 spiro atoms. The monoisotopic (exact) mass is 493 g/mol. The number of nitrogens with one attached hydrogen (secondary N) is 4. The van der Waals surface area contributed by atoms with Crippen LogP contribution in [0.15, 0.2) is 72.8 Å². The summed E-state index contributed by atoms with van der Waals surface area (Å²) in [6.45, 7) is 0.